The first-order valence-corrected chi connectivity index (χ1v) is 9.63. The average Bonchev–Trinajstić information content (AvgIpc) is 2.74. The highest BCUT2D eigenvalue weighted by Gasteiger charge is 2.12. The van der Waals surface area contributed by atoms with Crippen molar-refractivity contribution in [1.82, 2.24) is 5.32 Å². The Hall–Kier alpha value is -3.60. The molecule has 0 unspecified atom stereocenters. The molecule has 0 heterocycles. The van der Waals surface area contributed by atoms with E-state index >= 15 is 0 Å². The second kappa shape index (κ2) is 10.7. The summed E-state index contributed by atoms with van der Waals surface area (Å²) in [6.07, 6.45) is 1.48. The number of rotatable bonds is 9. The molecule has 3 aromatic rings. The van der Waals surface area contributed by atoms with Crippen LogP contribution < -0.4 is 15.4 Å². The Morgan fingerprint density at radius 2 is 1.41 bits per heavy atom. The highest BCUT2D eigenvalue weighted by atomic mass is 16.5. The normalized spacial score (nSPS) is 10.2. The molecule has 0 spiro atoms. The molecule has 5 heteroatoms. The van der Waals surface area contributed by atoms with Crippen molar-refractivity contribution in [2.45, 2.75) is 19.3 Å². The van der Waals surface area contributed by atoms with Gasteiger partial charge in [0.15, 0.2) is 5.75 Å². The zero-order valence-electron chi connectivity index (χ0n) is 16.1. The number of carbonyl (C=O) groups is 2. The number of amides is 2. The predicted octanol–water partition coefficient (Wildman–Crippen LogP) is 4.56. The fourth-order valence-corrected chi connectivity index (χ4v) is 2.84. The number of anilines is 1. The van der Waals surface area contributed by atoms with Crippen molar-refractivity contribution in [2.75, 3.05) is 11.9 Å². The van der Waals surface area contributed by atoms with Crippen LogP contribution in [0, 0.1) is 0 Å². The van der Waals surface area contributed by atoms with Crippen LogP contribution in [0.15, 0.2) is 84.9 Å². The number of hydrogen-bond acceptors (Lipinski definition) is 3. The molecule has 0 aliphatic rings. The Morgan fingerprint density at radius 3 is 2.17 bits per heavy atom. The van der Waals surface area contributed by atoms with Crippen molar-refractivity contribution >= 4 is 17.5 Å². The van der Waals surface area contributed by atoms with Crippen LogP contribution in [-0.4, -0.2) is 18.4 Å². The molecule has 5 nitrogen and oxygen atoms in total. The van der Waals surface area contributed by atoms with Gasteiger partial charge in [-0.15, -0.1) is 0 Å². The first-order chi connectivity index (χ1) is 14.2. The van der Waals surface area contributed by atoms with E-state index in [9.17, 15) is 9.59 Å². The molecule has 0 atom stereocenters. The molecule has 148 valence electrons. The van der Waals surface area contributed by atoms with Crippen molar-refractivity contribution < 1.29 is 14.3 Å². The van der Waals surface area contributed by atoms with Gasteiger partial charge in [0, 0.05) is 6.54 Å². The quantitative estimate of drug-likeness (QED) is 0.417. The van der Waals surface area contributed by atoms with Gasteiger partial charge < -0.3 is 15.4 Å². The SMILES string of the molecule is O=C(CC(=O)Nc1ccccc1Oc1ccccc1)NCCCc1ccccc1. The van der Waals surface area contributed by atoms with Gasteiger partial charge in [-0.05, 0) is 42.7 Å². The van der Waals surface area contributed by atoms with Crippen molar-refractivity contribution in [2.24, 2.45) is 0 Å². The largest absolute Gasteiger partial charge is 0.455 e. The van der Waals surface area contributed by atoms with Gasteiger partial charge in [-0.25, -0.2) is 0 Å². The van der Waals surface area contributed by atoms with Crippen molar-refractivity contribution in [3.8, 4) is 11.5 Å². The summed E-state index contributed by atoms with van der Waals surface area (Å²) in [6.45, 7) is 0.536. The summed E-state index contributed by atoms with van der Waals surface area (Å²) in [5.74, 6) is 0.521. The Labute approximate surface area is 170 Å². The highest BCUT2D eigenvalue weighted by molar-refractivity contribution is 6.04. The fourth-order valence-electron chi connectivity index (χ4n) is 2.84. The minimum atomic E-state index is -0.380. The first-order valence-electron chi connectivity index (χ1n) is 9.63. The van der Waals surface area contributed by atoms with Gasteiger partial charge in [-0.3, -0.25) is 9.59 Å². The van der Waals surface area contributed by atoms with Crippen molar-refractivity contribution in [1.29, 1.82) is 0 Å². The van der Waals surface area contributed by atoms with E-state index in [1.54, 1.807) is 18.2 Å². The van der Waals surface area contributed by atoms with Crippen LogP contribution in [0.2, 0.25) is 0 Å². The maximum absolute atomic E-state index is 12.3. The van der Waals surface area contributed by atoms with Gasteiger partial charge >= 0.3 is 0 Å². The van der Waals surface area contributed by atoms with Crippen LogP contribution in [-0.2, 0) is 16.0 Å². The lowest BCUT2D eigenvalue weighted by Gasteiger charge is -2.12. The third-order valence-corrected chi connectivity index (χ3v) is 4.26. The number of benzene rings is 3. The van der Waals surface area contributed by atoms with Gasteiger partial charge in [0.25, 0.3) is 0 Å². The second-order valence-corrected chi connectivity index (χ2v) is 6.58. The van der Waals surface area contributed by atoms with E-state index in [1.165, 1.54) is 5.56 Å². The van der Waals surface area contributed by atoms with Crippen LogP contribution in [0.25, 0.3) is 0 Å². The number of nitrogens with one attached hydrogen (secondary N) is 2. The van der Waals surface area contributed by atoms with Crippen LogP contribution >= 0.6 is 0 Å². The summed E-state index contributed by atoms with van der Waals surface area (Å²) in [4.78, 5) is 24.3. The van der Waals surface area contributed by atoms with E-state index < -0.39 is 0 Å². The third-order valence-electron chi connectivity index (χ3n) is 4.26. The Morgan fingerprint density at radius 1 is 0.759 bits per heavy atom. The molecular formula is C24H24N2O3. The van der Waals surface area contributed by atoms with Gasteiger partial charge in [-0.2, -0.15) is 0 Å². The summed E-state index contributed by atoms with van der Waals surface area (Å²) < 4.78 is 5.82. The van der Waals surface area contributed by atoms with Gasteiger partial charge in [0.2, 0.25) is 11.8 Å². The summed E-state index contributed by atoms with van der Waals surface area (Å²) in [6, 6.07) is 26.6. The van der Waals surface area contributed by atoms with Crippen molar-refractivity contribution in [3.05, 3.63) is 90.5 Å². The maximum atomic E-state index is 12.3. The van der Waals surface area contributed by atoms with E-state index in [4.69, 9.17) is 4.74 Å². The lowest BCUT2D eigenvalue weighted by atomic mass is 10.1. The Balaban J connectivity index is 1.45. The molecule has 3 aromatic carbocycles. The number of ether oxygens (including phenoxy) is 1. The highest BCUT2D eigenvalue weighted by Crippen LogP contribution is 2.29. The first kappa shape index (κ1) is 20.1. The van der Waals surface area contributed by atoms with Crippen LogP contribution in [0.4, 0.5) is 5.69 Å². The molecule has 3 rings (SSSR count). The van der Waals surface area contributed by atoms with Crippen LogP contribution in [0.3, 0.4) is 0 Å². The molecule has 0 aliphatic heterocycles. The van der Waals surface area contributed by atoms with E-state index in [2.05, 4.69) is 22.8 Å². The van der Waals surface area contributed by atoms with Crippen molar-refractivity contribution in [3.63, 3.8) is 0 Å². The van der Waals surface area contributed by atoms with E-state index in [0.29, 0.717) is 23.7 Å². The van der Waals surface area contributed by atoms with Gasteiger partial charge in [-0.1, -0.05) is 60.7 Å². The van der Waals surface area contributed by atoms with E-state index in [0.717, 1.165) is 12.8 Å². The number of para-hydroxylation sites is 3. The zero-order valence-corrected chi connectivity index (χ0v) is 16.1. The molecule has 29 heavy (non-hydrogen) atoms. The fraction of sp³-hybridized carbons (Fsp3) is 0.167. The smallest absolute Gasteiger partial charge is 0.233 e. The zero-order chi connectivity index (χ0) is 20.3. The lowest BCUT2D eigenvalue weighted by molar-refractivity contribution is -0.126. The number of aryl methyl sites for hydroxylation is 1. The maximum Gasteiger partial charge on any atom is 0.233 e. The van der Waals surface area contributed by atoms with Gasteiger partial charge in [0.1, 0.15) is 12.2 Å². The molecular weight excluding hydrogens is 364 g/mol. The molecule has 0 saturated carbocycles. The van der Waals surface area contributed by atoms with Crippen LogP contribution in [0.5, 0.6) is 11.5 Å². The molecule has 0 saturated heterocycles. The van der Waals surface area contributed by atoms with Gasteiger partial charge in [0.05, 0.1) is 5.69 Å². The lowest BCUT2D eigenvalue weighted by Crippen LogP contribution is -2.29. The molecule has 0 fully saturated rings. The third kappa shape index (κ3) is 6.81. The summed E-state index contributed by atoms with van der Waals surface area (Å²) in [5.41, 5.74) is 1.76. The molecule has 0 aliphatic carbocycles. The minimum absolute atomic E-state index is 0.231. The monoisotopic (exact) mass is 388 g/mol. The number of carbonyl (C=O) groups excluding carboxylic acids is 2. The van der Waals surface area contributed by atoms with E-state index in [-0.39, 0.29) is 18.2 Å². The number of hydrogen-bond donors (Lipinski definition) is 2. The molecule has 0 radical (unpaired) electrons. The summed E-state index contributed by atoms with van der Waals surface area (Å²) in [7, 11) is 0. The predicted molar refractivity (Wildman–Crippen MR) is 114 cm³/mol. The van der Waals surface area contributed by atoms with E-state index in [1.807, 2.05) is 54.6 Å². The average molecular weight is 388 g/mol. The molecule has 2 amide bonds. The Kier molecular flexibility index (Phi) is 7.41. The molecule has 0 aromatic heterocycles. The van der Waals surface area contributed by atoms with Crippen LogP contribution in [0.1, 0.15) is 18.4 Å². The Bertz CT molecular complexity index is 927. The molecule has 2 N–H and O–H groups in total. The molecule has 0 bridgehead atoms. The topological polar surface area (TPSA) is 67.4 Å². The summed E-state index contributed by atoms with van der Waals surface area (Å²) >= 11 is 0. The standard InChI is InChI=1S/C24H24N2O3/c27-23(25-17-9-12-19-10-3-1-4-11-19)18-24(28)26-21-15-7-8-16-22(21)29-20-13-5-2-6-14-20/h1-8,10-11,13-16H,9,12,17-18H2,(H,25,27)(H,26,28). The minimum Gasteiger partial charge on any atom is -0.455 e. The second-order valence-electron chi connectivity index (χ2n) is 6.58. The summed E-state index contributed by atoms with van der Waals surface area (Å²) in [5, 5.41) is 5.55.